The fraction of sp³-hybridized carbons (Fsp3) is 1.00. The van der Waals surface area contributed by atoms with Crippen LogP contribution in [0.2, 0.25) is 0 Å². The van der Waals surface area contributed by atoms with Gasteiger partial charge < -0.3 is 4.90 Å². The van der Waals surface area contributed by atoms with E-state index in [9.17, 15) is 8.42 Å². The van der Waals surface area contributed by atoms with Crippen molar-refractivity contribution in [3.05, 3.63) is 0 Å². The van der Waals surface area contributed by atoms with Crippen LogP contribution in [0.5, 0.6) is 0 Å². The van der Waals surface area contributed by atoms with Crippen molar-refractivity contribution in [2.45, 2.75) is 38.5 Å². The molecule has 0 aromatic heterocycles. The molecule has 0 amide bonds. The second kappa shape index (κ2) is 6.84. The third-order valence-electron chi connectivity index (χ3n) is 3.79. The summed E-state index contributed by atoms with van der Waals surface area (Å²) in [4.78, 5) is 2.44. The summed E-state index contributed by atoms with van der Waals surface area (Å²) in [6, 6.07) is 0. The van der Waals surface area contributed by atoms with Crippen LogP contribution in [0.25, 0.3) is 0 Å². The first kappa shape index (κ1) is 14.2. The van der Waals surface area contributed by atoms with Crippen LogP contribution in [0, 0.1) is 0 Å². The Morgan fingerprint density at radius 3 is 2.17 bits per heavy atom. The Kier molecular flexibility index (Phi) is 5.41. The van der Waals surface area contributed by atoms with E-state index in [0.717, 1.165) is 25.8 Å². The van der Waals surface area contributed by atoms with E-state index in [0.29, 0.717) is 19.6 Å². The molecule has 2 saturated heterocycles. The van der Waals surface area contributed by atoms with Gasteiger partial charge in [0.1, 0.15) is 0 Å². The van der Waals surface area contributed by atoms with Gasteiger partial charge in [0.25, 0.3) is 10.2 Å². The topological polar surface area (TPSA) is 52.7 Å². The lowest BCUT2D eigenvalue weighted by molar-refractivity contribution is 0.227. The van der Waals surface area contributed by atoms with Crippen LogP contribution in [0.15, 0.2) is 0 Å². The van der Waals surface area contributed by atoms with Gasteiger partial charge in [0.2, 0.25) is 0 Å². The van der Waals surface area contributed by atoms with Crippen molar-refractivity contribution in [1.82, 2.24) is 13.9 Å². The standard InChI is InChI=1S/C12H25N3O2S/c16-18(17,15-11-4-5-12-15)13-7-6-10-14-8-2-1-3-9-14/h13H,1-12H2. The third kappa shape index (κ3) is 4.19. The largest absolute Gasteiger partial charge is 0.303 e. The first-order chi connectivity index (χ1) is 8.68. The molecule has 2 rings (SSSR count). The molecule has 18 heavy (non-hydrogen) atoms. The SMILES string of the molecule is O=S(=O)(NCCCN1CCCCC1)N1CCCC1. The minimum atomic E-state index is -3.20. The molecule has 0 saturated carbocycles. The average molecular weight is 275 g/mol. The van der Waals surface area contributed by atoms with Crippen LogP contribution in [0.1, 0.15) is 38.5 Å². The van der Waals surface area contributed by atoms with Gasteiger partial charge >= 0.3 is 0 Å². The van der Waals surface area contributed by atoms with Crippen molar-refractivity contribution in [2.24, 2.45) is 0 Å². The maximum atomic E-state index is 11.9. The van der Waals surface area contributed by atoms with Gasteiger partial charge in [-0.3, -0.25) is 0 Å². The highest BCUT2D eigenvalue weighted by Gasteiger charge is 2.24. The third-order valence-corrected chi connectivity index (χ3v) is 5.40. The van der Waals surface area contributed by atoms with Crippen molar-refractivity contribution in [3.8, 4) is 0 Å². The Balaban J connectivity index is 1.62. The number of likely N-dealkylation sites (tertiary alicyclic amines) is 1. The summed E-state index contributed by atoms with van der Waals surface area (Å²) < 4.78 is 28.0. The molecule has 2 aliphatic rings. The summed E-state index contributed by atoms with van der Waals surface area (Å²) in [6.45, 7) is 5.30. The molecule has 0 unspecified atom stereocenters. The van der Waals surface area contributed by atoms with E-state index in [4.69, 9.17) is 0 Å². The second-order valence-corrected chi connectivity index (χ2v) is 7.02. The van der Waals surface area contributed by atoms with Gasteiger partial charge in [0, 0.05) is 19.6 Å². The number of nitrogens with zero attached hydrogens (tertiary/aromatic N) is 2. The van der Waals surface area contributed by atoms with E-state index in [1.54, 1.807) is 4.31 Å². The number of nitrogens with one attached hydrogen (secondary N) is 1. The molecular formula is C12H25N3O2S. The molecule has 5 nitrogen and oxygen atoms in total. The smallest absolute Gasteiger partial charge is 0.279 e. The Bertz CT molecular complexity index is 333. The molecule has 0 aromatic carbocycles. The fourth-order valence-electron chi connectivity index (χ4n) is 2.71. The number of piperidine rings is 1. The van der Waals surface area contributed by atoms with E-state index in [1.165, 1.54) is 32.4 Å². The molecular weight excluding hydrogens is 250 g/mol. The minimum Gasteiger partial charge on any atom is -0.303 e. The van der Waals surface area contributed by atoms with E-state index in [1.807, 2.05) is 0 Å². The van der Waals surface area contributed by atoms with Crippen molar-refractivity contribution >= 4 is 10.2 Å². The Hall–Kier alpha value is -0.170. The van der Waals surface area contributed by atoms with Crippen molar-refractivity contribution in [1.29, 1.82) is 0 Å². The van der Waals surface area contributed by atoms with Crippen LogP contribution in [-0.2, 0) is 10.2 Å². The first-order valence-corrected chi connectivity index (χ1v) is 8.59. The summed E-state index contributed by atoms with van der Waals surface area (Å²) in [7, 11) is -3.20. The van der Waals surface area contributed by atoms with Crippen LogP contribution in [0.3, 0.4) is 0 Å². The van der Waals surface area contributed by atoms with E-state index >= 15 is 0 Å². The van der Waals surface area contributed by atoms with Crippen LogP contribution in [-0.4, -0.2) is 56.9 Å². The zero-order chi connectivity index (χ0) is 12.8. The lowest BCUT2D eigenvalue weighted by Gasteiger charge is -2.26. The Morgan fingerprint density at radius 2 is 1.50 bits per heavy atom. The van der Waals surface area contributed by atoms with Crippen LogP contribution >= 0.6 is 0 Å². The van der Waals surface area contributed by atoms with Gasteiger partial charge in [0.05, 0.1) is 0 Å². The van der Waals surface area contributed by atoms with E-state index < -0.39 is 10.2 Å². The lowest BCUT2D eigenvalue weighted by atomic mass is 10.1. The van der Waals surface area contributed by atoms with Crippen LogP contribution in [0.4, 0.5) is 0 Å². The highest BCUT2D eigenvalue weighted by Crippen LogP contribution is 2.11. The minimum absolute atomic E-state index is 0.565. The van der Waals surface area contributed by atoms with Gasteiger partial charge in [-0.2, -0.15) is 12.7 Å². The molecule has 106 valence electrons. The number of hydrogen-bond donors (Lipinski definition) is 1. The monoisotopic (exact) mass is 275 g/mol. The molecule has 2 aliphatic heterocycles. The molecule has 1 N–H and O–H groups in total. The van der Waals surface area contributed by atoms with Gasteiger partial charge in [-0.05, 0) is 51.7 Å². The molecule has 0 aliphatic carbocycles. The molecule has 0 aromatic rings. The predicted octanol–water partition coefficient (Wildman–Crippen LogP) is 0.793. The van der Waals surface area contributed by atoms with Crippen molar-refractivity contribution in [2.75, 3.05) is 39.3 Å². The fourth-order valence-corrected chi connectivity index (χ4v) is 4.03. The molecule has 6 heteroatoms. The Labute approximate surface area is 111 Å². The van der Waals surface area contributed by atoms with Gasteiger partial charge in [-0.25, -0.2) is 4.72 Å². The lowest BCUT2D eigenvalue weighted by Crippen LogP contribution is -2.40. The predicted molar refractivity (Wildman–Crippen MR) is 72.6 cm³/mol. The number of rotatable bonds is 6. The van der Waals surface area contributed by atoms with Crippen molar-refractivity contribution in [3.63, 3.8) is 0 Å². The second-order valence-electron chi connectivity index (χ2n) is 5.26. The first-order valence-electron chi connectivity index (χ1n) is 7.15. The number of hydrogen-bond acceptors (Lipinski definition) is 3. The molecule has 0 bridgehead atoms. The molecule has 2 fully saturated rings. The van der Waals surface area contributed by atoms with Crippen molar-refractivity contribution < 1.29 is 8.42 Å². The molecule has 0 radical (unpaired) electrons. The van der Waals surface area contributed by atoms with E-state index in [2.05, 4.69) is 9.62 Å². The summed E-state index contributed by atoms with van der Waals surface area (Å²) >= 11 is 0. The Morgan fingerprint density at radius 1 is 0.889 bits per heavy atom. The normalized spacial score (nSPS) is 23.6. The van der Waals surface area contributed by atoms with E-state index in [-0.39, 0.29) is 0 Å². The van der Waals surface area contributed by atoms with Crippen LogP contribution < -0.4 is 4.72 Å². The van der Waals surface area contributed by atoms with Gasteiger partial charge in [0.15, 0.2) is 0 Å². The van der Waals surface area contributed by atoms with Gasteiger partial charge in [-0.1, -0.05) is 6.42 Å². The molecule has 0 atom stereocenters. The molecule has 0 spiro atoms. The maximum Gasteiger partial charge on any atom is 0.279 e. The highest BCUT2D eigenvalue weighted by molar-refractivity contribution is 7.87. The van der Waals surface area contributed by atoms with Gasteiger partial charge in [-0.15, -0.1) is 0 Å². The summed E-state index contributed by atoms with van der Waals surface area (Å²) in [5.41, 5.74) is 0. The quantitative estimate of drug-likeness (QED) is 0.729. The summed E-state index contributed by atoms with van der Waals surface area (Å²) in [6.07, 6.45) is 6.83. The zero-order valence-corrected chi connectivity index (χ0v) is 11.9. The maximum absolute atomic E-state index is 11.9. The average Bonchev–Trinajstić information content (AvgIpc) is 2.91. The summed E-state index contributed by atoms with van der Waals surface area (Å²) in [5, 5.41) is 0. The highest BCUT2D eigenvalue weighted by atomic mass is 32.2. The summed E-state index contributed by atoms with van der Waals surface area (Å²) in [5.74, 6) is 0. The zero-order valence-electron chi connectivity index (χ0n) is 11.1. The molecule has 2 heterocycles.